The zero-order chi connectivity index (χ0) is 11.8. The van der Waals surface area contributed by atoms with Gasteiger partial charge in [0.05, 0.1) is 0 Å². The van der Waals surface area contributed by atoms with E-state index in [1.807, 2.05) is 18.2 Å². The summed E-state index contributed by atoms with van der Waals surface area (Å²) < 4.78 is 6.46. The van der Waals surface area contributed by atoms with Crippen molar-refractivity contribution in [3.8, 4) is 18.1 Å². The van der Waals surface area contributed by atoms with Gasteiger partial charge >= 0.3 is 0 Å². The van der Waals surface area contributed by atoms with E-state index in [1.165, 1.54) is 5.56 Å². The maximum absolute atomic E-state index is 5.37. The van der Waals surface area contributed by atoms with Crippen LogP contribution in [0.5, 0.6) is 5.75 Å². The molecule has 86 valence electrons. The van der Waals surface area contributed by atoms with Crippen molar-refractivity contribution >= 4 is 15.9 Å². The monoisotopic (exact) mass is 281 g/mol. The quantitative estimate of drug-likeness (QED) is 0.640. The average Bonchev–Trinajstić information content (AvgIpc) is 2.30. The molecule has 0 saturated heterocycles. The first-order valence-corrected chi connectivity index (χ1v) is 6.12. The highest BCUT2D eigenvalue weighted by molar-refractivity contribution is 9.10. The molecule has 0 atom stereocenters. The second-order valence-electron chi connectivity index (χ2n) is 3.42. The highest BCUT2D eigenvalue weighted by Gasteiger charge is 2.01. The van der Waals surface area contributed by atoms with Gasteiger partial charge in [-0.25, -0.2) is 0 Å². The molecule has 1 rings (SSSR count). The van der Waals surface area contributed by atoms with Crippen molar-refractivity contribution in [3.05, 3.63) is 28.2 Å². The highest BCUT2D eigenvalue weighted by Crippen LogP contribution is 2.22. The van der Waals surface area contributed by atoms with Gasteiger partial charge in [-0.05, 0) is 36.7 Å². The average molecular weight is 282 g/mol. The molecule has 0 aliphatic carbocycles. The van der Waals surface area contributed by atoms with Crippen LogP contribution in [0, 0.1) is 12.3 Å². The number of terminal acetylenes is 1. The Hall–Kier alpha value is -0.980. The lowest BCUT2D eigenvalue weighted by Gasteiger charge is -2.09. The van der Waals surface area contributed by atoms with Crippen LogP contribution in [0.25, 0.3) is 0 Å². The summed E-state index contributed by atoms with van der Waals surface area (Å²) in [6, 6.07) is 5.89. The van der Waals surface area contributed by atoms with E-state index in [0.717, 1.165) is 29.7 Å². The third kappa shape index (κ3) is 4.26. The fourth-order valence-electron chi connectivity index (χ4n) is 1.30. The van der Waals surface area contributed by atoms with Crippen molar-refractivity contribution in [1.82, 2.24) is 5.32 Å². The second kappa shape index (κ2) is 7.32. The first-order valence-electron chi connectivity index (χ1n) is 5.33. The molecule has 0 heterocycles. The molecule has 1 aromatic carbocycles. The topological polar surface area (TPSA) is 21.3 Å². The van der Waals surface area contributed by atoms with E-state index >= 15 is 0 Å². The van der Waals surface area contributed by atoms with Crippen LogP contribution in [-0.4, -0.2) is 13.2 Å². The van der Waals surface area contributed by atoms with Crippen molar-refractivity contribution < 1.29 is 4.74 Å². The third-order valence-corrected chi connectivity index (χ3v) is 2.86. The maximum Gasteiger partial charge on any atom is 0.148 e. The largest absolute Gasteiger partial charge is 0.481 e. The summed E-state index contributed by atoms with van der Waals surface area (Å²) >= 11 is 3.51. The minimum atomic E-state index is 0.309. The van der Waals surface area contributed by atoms with Gasteiger partial charge in [-0.2, -0.15) is 0 Å². The summed E-state index contributed by atoms with van der Waals surface area (Å²) in [4.78, 5) is 0. The van der Waals surface area contributed by atoms with Crippen molar-refractivity contribution in [3.63, 3.8) is 0 Å². The molecule has 0 aromatic heterocycles. The van der Waals surface area contributed by atoms with Gasteiger partial charge in [-0.3, -0.25) is 0 Å². The smallest absolute Gasteiger partial charge is 0.148 e. The Kier molecular flexibility index (Phi) is 5.99. The molecule has 0 aliphatic rings. The molecule has 3 heteroatoms. The Morgan fingerprint density at radius 1 is 1.50 bits per heavy atom. The predicted octanol–water partition coefficient (Wildman–Crippen LogP) is 2.96. The van der Waals surface area contributed by atoms with E-state index in [4.69, 9.17) is 11.2 Å². The molecule has 16 heavy (non-hydrogen) atoms. The molecule has 2 nitrogen and oxygen atoms in total. The van der Waals surface area contributed by atoms with Crippen LogP contribution in [0.1, 0.15) is 18.9 Å². The van der Waals surface area contributed by atoms with Gasteiger partial charge in [0.15, 0.2) is 0 Å². The molecule has 0 bridgehead atoms. The summed E-state index contributed by atoms with van der Waals surface area (Å²) in [5, 5.41) is 3.35. The van der Waals surface area contributed by atoms with Crippen LogP contribution in [0.2, 0.25) is 0 Å². The van der Waals surface area contributed by atoms with E-state index in [0.29, 0.717) is 6.61 Å². The molecule has 0 aliphatic heterocycles. The Bertz CT molecular complexity index is 371. The number of hydrogen-bond donors (Lipinski definition) is 1. The van der Waals surface area contributed by atoms with Crippen molar-refractivity contribution in [1.29, 1.82) is 0 Å². The highest BCUT2D eigenvalue weighted by atomic mass is 79.9. The molecule has 0 spiro atoms. The lowest BCUT2D eigenvalue weighted by atomic mass is 10.2. The lowest BCUT2D eigenvalue weighted by molar-refractivity contribution is 0.370. The summed E-state index contributed by atoms with van der Waals surface area (Å²) in [5.41, 5.74) is 1.18. The molecule has 0 radical (unpaired) electrons. The van der Waals surface area contributed by atoms with E-state index in [2.05, 4.69) is 34.1 Å². The van der Waals surface area contributed by atoms with Crippen LogP contribution < -0.4 is 10.1 Å². The Morgan fingerprint density at radius 3 is 3.00 bits per heavy atom. The lowest BCUT2D eigenvalue weighted by Crippen LogP contribution is -2.14. The van der Waals surface area contributed by atoms with Crippen LogP contribution in [0.3, 0.4) is 0 Å². The van der Waals surface area contributed by atoms with Gasteiger partial charge in [0.25, 0.3) is 0 Å². The predicted molar refractivity (Wildman–Crippen MR) is 70.5 cm³/mol. The molecule has 1 N–H and O–H groups in total. The minimum absolute atomic E-state index is 0.309. The fourth-order valence-corrected chi connectivity index (χ4v) is 1.69. The Labute approximate surface area is 106 Å². The zero-order valence-corrected chi connectivity index (χ0v) is 11.0. The molecule has 0 fully saturated rings. The molecule has 1 aromatic rings. The standard InChI is InChI=1S/C13H16BrNO/c1-3-7-15-10-11-9-12(16-8-4-2)5-6-13(11)14/h2,5-6,9,15H,3,7-8,10H2,1H3. The second-order valence-corrected chi connectivity index (χ2v) is 4.28. The summed E-state index contributed by atoms with van der Waals surface area (Å²) in [6.07, 6.45) is 6.28. The number of halogens is 1. The Morgan fingerprint density at radius 2 is 2.31 bits per heavy atom. The number of nitrogens with one attached hydrogen (secondary N) is 1. The van der Waals surface area contributed by atoms with Gasteiger partial charge in [0, 0.05) is 11.0 Å². The SMILES string of the molecule is C#CCOc1ccc(Br)c(CNCCC)c1. The number of hydrogen-bond acceptors (Lipinski definition) is 2. The van der Waals surface area contributed by atoms with Gasteiger partial charge in [0.1, 0.15) is 12.4 Å². The van der Waals surface area contributed by atoms with Crippen LogP contribution in [-0.2, 0) is 6.54 Å². The molecule has 0 amide bonds. The number of benzene rings is 1. The number of ether oxygens (including phenoxy) is 1. The minimum Gasteiger partial charge on any atom is -0.481 e. The first kappa shape index (κ1) is 13.1. The van der Waals surface area contributed by atoms with Gasteiger partial charge in [-0.15, -0.1) is 6.42 Å². The fraction of sp³-hybridized carbons (Fsp3) is 0.385. The van der Waals surface area contributed by atoms with Gasteiger partial charge < -0.3 is 10.1 Å². The van der Waals surface area contributed by atoms with Gasteiger partial charge in [-0.1, -0.05) is 28.8 Å². The van der Waals surface area contributed by atoms with Crippen molar-refractivity contribution in [2.75, 3.05) is 13.2 Å². The molecule has 0 saturated carbocycles. The van der Waals surface area contributed by atoms with Crippen LogP contribution in [0.4, 0.5) is 0 Å². The summed E-state index contributed by atoms with van der Waals surface area (Å²) in [5.74, 6) is 3.27. The molecular weight excluding hydrogens is 266 g/mol. The zero-order valence-electron chi connectivity index (χ0n) is 9.42. The van der Waals surface area contributed by atoms with Crippen molar-refractivity contribution in [2.45, 2.75) is 19.9 Å². The molecular formula is C13H16BrNO. The van der Waals surface area contributed by atoms with Gasteiger partial charge in [0.2, 0.25) is 0 Å². The molecule has 0 unspecified atom stereocenters. The van der Waals surface area contributed by atoms with E-state index < -0.39 is 0 Å². The van der Waals surface area contributed by atoms with E-state index in [1.54, 1.807) is 0 Å². The van der Waals surface area contributed by atoms with E-state index in [-0.39, 0.29) is 0 Å². The van der Waals surface area contributed by atoms with E-state index in [9.17, 15) is 0 Å². The summed E-state index contributed by atoms with van der Waals surface area (Å²) in [7, 11) is 0. The maximum atomic E-state index is 5.37. The Balaban J connectivity index is 2.63. The van der Waals surface area contributed by atoms with Crippen LogP contribution >= 0.6 is 15.9 Å². The normalized spacial score (nSPS) is 9.81. The first-order chi connectivity index (χ1) is 7.77. The summed E-state index contributed by atoms with van der Waals surface area (Å²) in [6.45, 7) is 4.31. The third-order valence-electron chi connectivity index (χ3n) is 2.08. The van der Waals surface area contributed by atoms with Crippen molar-refractivity contribution in [2.24, 2.45) is 0 Å². The number of rotatable bonds is 6. The van der Waals surface area contributed by atoms with Crippen LogP contribution in [0.15, 0.2) is 22.7 Å².